The van der Waals surface area contributed by atoms with Crippen molar-refractivity contribution in [3.8, 4) is 67.4 Å². The molecule has 0 unspecified atom stereocenters. The van der Waals surface area contributed by atoms with E-state index in [0.29, 0.717) is 5.82 Å². The summed E-state index contributed by atoms with van der Waals surface area (Å²) in [6, 6.07) is 75.1. The van der Waals surface area contributed by atoms with Gasteiger partial charge in [-0.25, -0.2) is 15.0 Å². The highest BCUT2D eigenvalue weighted by atomic mass is 14.9. The van der Waals surface area contributed by atoms with Crippen molar-refractivity contribution in [1.82, 2.24) is 15.0 Å². The maximum Gasteiger partial charge on any atom is 0.160 e. The SMILES string of the molecule is c1ccc(-c2cc(-c3ccc(-c4c5ccccc5c(-c5nc6ccccc6c6c(-c7ccccc7)cccc56)c5ccccc45)cc3)nc(-c3ccccc3)n2)cc1. The van der Waals surface area contributed by atoms with Gasteiger partial charge in [0.2, 0.25) is 0 Å². The van der Waals surface area contributed by atoms with Crippen molar-refractivity contribution in [2.75, 3.05) is 0 Å². The molecule has 11 aromatic rings. The summed E-state index contributed by atoms with van der Waals surface area (Å²) in [5, 5.41) is 8.23. The van der Waals surface area contributed by atoms with Crippen LogP contribution in [0.4, 0.5) is 0 Å². The average Bonchev–Trinajstić information content (AvgIpc) is 3.31. The summed E-state index contributed by atoms with van der Waals surface area (Å²) in [6.45, 7) is 0. The lowest BCUT2D eigenvalue weighted by atomic mass is 9.85. The summed E-state index contributed by atoms with van der Waals surface area (Å²) in [5.41, 5.74) is 12.7. The number of pyridine rings is 1. The predicted molar refractivity (Wildman–Crippen MR) is 242 cm³/mol. The molecule has 3 heteroatoms. The van der Waals surface area contributed by atoms with Gasteiger partial charge in [0.1, 0.15) is 0 Å². The molecule has 0 aliphatic rings. The van der Waals surface area contributed by atoms with Gasteiger partial charge in [0.05, 0.1) is 22.6 Å². The van der Waals surface area contributed by atoms with Crippen molar-refractivity contribution < 1.29 is 0 Å². The van der Waals surface area contributed by atoms with Gasteiger partial charge in [-0.05, 0) is 55.9 Å². The van der Waals surface area contributed by atoms with Crippen LogP contribution in [-0.4, -0.2) is 15.0 Å². The predicted octanol–water partition coefficient (Wildman–Crippen LogP) is 14.5. The van der Waals surface area contributed by atoms with E-state index in [-0.39, 0.29) is 0 Å². The fraction of sp³-hybridized carbons (Fsp3) is 0. The Kier molecular flexibility index (Phi) is 8.15. The molecule has 0 aliphatic carbocycles. The Labute approximate surface area is 336 Å². The van der Waals surface area contributed by atoms with E-state index in [1.807, 2.05) is 24.3 Å². The lowest BCUT2D eigenvalue weighted by Gasteiger charge is -2.20. The molecule has 0 fully saturated rings. The van der Waals surface area contributed by atoms with E-state index in [0.717, 1.165) is 61.2 Å². The van der Waals surface area contributed by atoms with Crippen LogP contribution in [0.5, 0.6) is 0 Å². The first-order valence-corrected chi connectivity index (χ1v) is 19.7. The zero-order valence-electron chi connectivity index (χ0n) is 31.5. The third-order valence-corrected chi connectivity index (χ3v) is 11.3. The Hall–Kier alpha value is -7.75. The summed E-state index contributed by atoms with van der Waals surface area (Å²) in [7, 11) is 0. The topological polar surface area (TPSA) is 38.7 Å². The van der Waals surface area contributed by atoms with Gasteiger partial charge in [0.15, 0.2) is 5.82 Å². The lowest BCUT2D eigenvalue weighted by molar-refractivity contribution is 1.18. The normalized spacial score (nSPS) is 11.4. The molecule has 0 amide bonds. The number of benzene rings is 9. The minimum Gasteiger partial charge on any atom is -0.247 e. The maximum atomic E-state index is 5.50. The zero-order chi connectivity index (χ0) is 38.4. The summed E-state index contributed by atoms with van der Waals surface area (Å²) in [4.78, 5) is 15.6. The highest BCUT2D eigenvalue weighted by Gasteiger charge is 2.21. The molecule has 0 saturated carbocycles. The van der Waals surface area contributed by atoms with E-state index >= 15 is 0 Å². The molecule has 270 valence electrons. The van der Waals surface area contributed by atoms with Crippen LogP contribution in [0.25, 0.3) is 111 Å². The van der Waals surface area contributed by atoms with E-state index in [1.165, 1.54) is 43.6 Å². The molecule has 0 spiro atoms. The molecular formula is C55H35N3. The summed E-state index contributed by atoms with van der Waals surface area (Å²) < 4.78 is 0. The van der Waals surface area contributed by atoms with Gasteiger partial charge in [0, 0.05) is 38.4 Å². The minimum atomic E-state index is 0.708. The fourth-order valence-corrected chi connectivity index (χ4v) is 8.62. The average molecular weight is 738 g/mol. The third kappa shape index (κ3) is 5.72. The van der Waals surface area contributed by atoms with E-state index in [2.05, 4.69) is 188 Å². The summed E-state index contributed by atoms with van der Waals surface area (Å²) in [6.07, 6.45) is 0. The molecule has 0 radical (unpaired) electrons. The number of hydrogen-bond acceptors (Lipinski definition) is 3. The molecule has 2 heterocycles. The molecule has 9 aromatic carbocycles. The van der Waals surface area contributed by atoms with Crippen molar-refractivity contribution in [1.29, 1.82) is 0 Å². The second-order valence-electron chi connectivity index (χ2n) is 14.7. The maximum absolute atomic E-state index is 5.50. The highest BCUT2D eigenvalue weighted by Crippen LogP contribution is 2.47. The number of fused-ring (bicyclic) bond motifs is 5. The standard InChI is InChI=1S/C55H35N3/c1-4-17-36(18-5-1)41-28-16-29-47-52(41)46-27-14-15-30-48(46)56-54(47)53-44-25-12-10-23-42(44)51(43-24-11-13-26-45(43)53)39-33-31-38(32-34-39)50-35-49(37-19-6-2-7-20-37)57-55(58-50)40-21-8-3-9-22-40/h1-35H. The fourth-order valence-electron chi connectivity index (χ4n) is 8.62. The van der Waals surface area contributed by atoms with Crippen LogP contribution >= 0.6 is 0 Å². The van der Waals surface area contributed by atoms with Crippen LogP contribution < -0.4 is 0 Å². The number of nitrogens with zero attached hydrogens (tertiary/aromatic N) is 3. The molecule has 0 saturated heterocycles. The second-order valence-corrected chi connectivity index (χ2v) is 14.7. The van der Waals surface area contributed by atoms with Crippen molar-refractivity contribution in [2.24, 2.45) is 0 Å². The molecule has 0 N–H and O–H groups in total. The van der Waals surface area contributed by atoms with Gasteiger partial charge in [-0.3, -0.25) is 0 Å². The third-order valence-electron chi connectivity index (χ3n) is 11.3. The zero-order valence-corrected chi connectivity index (χ0v) is 31.5. The van der Waals surface area contributed by atoms with E-state index in [4.69, 9.17) is 15.0 Å². The first-order chi connectivity index (χ1) is 28.8. The molecule has 2 aromatic heterocycles. The van der Waals surface area contributed by atoms with Crippen LogP contribution in [-0.2, 0) is 0 Å². The number of aromatic nitrogens is 3. The summed E-state index contributed by atoms with van der Waals surface area (Å²) >= 11 is 0. The molecule has 3 nitrogen and oxygen atoms in total. The van der Waals surface area contributed by atoms with Crippen LogP contribution in [0.1, 0.15) is 0 Å². The number of para-hydroxylation sites is 1. The summed E-state index contributed by atoms with van der Waals surface area (Å²) in [5.74, 6) is 0.708. The Morgan fingerprint density at radius 3 is 1.33 bits per heavy atom. The lowest BCUT2D eigenvalue weighted by Crippen LogP contribution is -1.96. The molecule has 11 rings (SSSR count). The van der Waals surface area contributed by atoms with Crippen LogP contribution in [0.3, 0.4) is 0 Å². The van der Waals surface area contributed by atoms with Gasteiger partial charge in [0.25, 0.3) is 0 Å². The first kappa shape index (κ1) is 33.6. The van der Waals surface area contributed by atoms with Crippen molar-refractivity contribution in [3.05, 3.63) is 212 Å². The van der Waals surface area contributed by atoms with Gasteiger partial charge < -0.3 is 0 Å². The monoisotopic (exact) mass is 737 g/mol. The molecular weight excluding hydrogens is 703 g/mol. The smallest absolute Gasteiger partial charge is 0.160 e. The molecule has 58 heavy (non-hydrogen) atoms. The van der Waals surface area contributed by atoms with Crippen molar-refractivity contribution >= 4 is 43.2 Å². The minimum absolute atomic E-state index is 0.708. The van der Waals surface area contributed by atoms with Gasteiger partial charge in [-0.2, -0.15) is 0 Å². The largest absolute Gasteiger partial charge is 0.247 e. The molecule has 0 bridgehead atoms. The van der Waals surface area contributed by atoms with Gasteiger partial charge in [-0.15, -0.1) is 0 Å². The molecule has 0 aliphatic heterocycles. The quantitative estimate of drug-likeness (QED) is 0.126. The van der Waals surface area contributed by atoms with E-state index < -0.39 is 0 Å². The number of hydrogen-bond donors (Lipinski definition) is 0. The van der Waals surface area contributed by atoms with E-state index in [1.54, 1.807) is 0 Å². The molecule has 0 atom stereocenters. The van der Waals surface area contributed by atoms with Crippen LogP contribution in [0.15, 0.2) is 212 Å². The van der Waals surface area contributed by atoms with Crippen LogP contribution in [0.2, 0.25) is 0 Å². The second kappa shape index (κ2) is 14.1. The Morgan fingerprint density at radius 2 is 0.724 bits per heavy atom. The Bertz CT molecular complexity index is 3190. The van der Waals surface area contributed by atoms with Gasteiger partial charge in [-0.1, -0.05) is 200 Å². The van der Waals surface area contributed by atoms with Crippen LogP contribution in [0, 0.1) is 0 Å². The van der Waals surface area contributed by atoms with Crippen molar-refractivity contribution in [2.45, 2.75) is 0 Å². The van der Waals surface area contributed by atoms with Crippen molar-refractivity contribution in [3.63, 3.8) is 0 Å². The van der Waals surface area contributed by atoms with Gasteiger partial charge >= 0.3 is 0 Å². The first-order valence-electron chi connectivity index (χ1n) is 19.7. The Balaban J connectivity index is 1.12. The number of rotatable bonds is 6. The van der Waals surface area contributed by atoms with E-state index in [9.17, 15) is 0 Å². The highest BCUT2D eigenvalue weighted by molar-refractivity contribution is 6.25. The Morgan fingerprint density at radius 1 is 0.276 bits per heavy atom.